The van der Waals surface area contributed by atoms with E-state index in [9.17, 15) is 17.2 Å². The van der Waals surface area contributed by atoms with Crippen LogP contribution in [0.25, 0.3) is 0 Å². The maximum Gasteiger partial charge on any atom is 0.240 e. The van der Waals surface area contributed by atoms with E-state index in [1.807, 2.05) is 16.8 Å². The Hall–Kier alpha value is -1.31. The molecule has 3 nitrogen and oxygen atoms in total. The van der Waals surface area contributed by atoms with Crippen molar-refractivity contribution in [2.45, 2.75) is 36.0 Å². The molecule has 1 saturated carbocycles. The van der Waals surface area contributed by atoms with Gasteiger partial charge in [0.15, 0.2) is 0 Å². The van der Waals surface area contributed by atoms with Crippen LogP contribution in [0.15, 0.2) is 39.9 Å². The van der Waals surface area contributed by atoms with Gasteiger partial charge in [-0.1, -0.05) is 12.8 Å². The van der Waals surface area contributed by atoms with Gasteiger partial charge in [-0.2, -0.15) is 11.3 Å². The second kappa shape index (κ2) is 6.30. The summed E-state index contributed by atoms with van der Waals surface area (Å²) in [5.74, 6) is -1.81. The molecule has 2 aromatic rings. The Labute approximate surface area is 138 Å². The van der Waals surface area contributed by atoms with Crippen molar-refractivity contribution < 1.29 is 17.2 Å². The van der Waals surface area contributed by atoms with Crippen LogP contribution in [0.3, 0.4) is 0 Å². The first-order valence-electron chi connectivity index (χ1n) is 7.40. The van der Waals surface area contributed by atoms with E-state index in [1.165, 1.54) is 0 Å². The predicted molar refractivity (Wildman–Crippen MR) is 86.0 cm³/mol. The SMILES string of the molecule is O=S(=O)(NCC1(c2ccsc2)CCCC1)c1cc(F)cc(F)c1. The summed E-state index contributed by atoms with van der Waals surface area (Å²) >= 11 is 1.58. The molecule has 1 aliphatic carbocycles. The Kier molecular flexibility index (Phi) is 4.53. The van der Waals surface area contributed by atoms with Gasteiger partial charge in [0.05, 0.1) is 4.90 Å². The highest BCUT2D eigenvalue weighted by atomic mass is 32.2. The number of nitrogens with one attached hydrogen (secondary N) is 1. The van der Waals surface area contributed by atoms with E-state index in [1.54, 1.807) is 11.3 Å². The predicted octanol–water partition coefficient (Wildman–Crippen LogP) is 3.82. The lowest BCUT2D eigenvalue weighted by atomic mass is 9.81. The maximum atomic E-state index is 13.3. The average Bonchev–Trinajstić information content (AvgIpc) is 3.16. The first kappa shape index (κ1) is 16.5. The van der Waals surface area contributed by atoms with Gasteiger partial charge in [-0.25, -0.2) is 21.9 Å². The topological polar surface area (TPSA) is 46.2 Å². The highest BCUT2D eigenvalue weighted by Gasteiger charge is 2.37. The largest absolute Gasteiger partial charge is 0.240 e. The minimum Gasteiger partial charge on any atom is -0.210 e. The fourth-order valence-electron chi connectivity index (χ4n) is 3.19. The van der Waals surface area contributed by atoms with Crippen molar-refractivity contribution in [2.24, 2.45) is 0 Å². The number of rotatable bonds is 5. The summed E-state index contributed by atoms with van der Waals surface area (Å²) in [5, 5.41) is 4.02. The molecule has 0 atom stereocenters. The average molecular weight is 357 g/mol. The third-order valence-electron chi connectivity index (χ3n) is 4.44. The monoisotopic (exact) mass is 357 g/mol. The van der Waals surface area contributed by atoms with Crippen molar-refractivity contribution in [3.05, 3.63) is 52.2 Å². The maximum absolute atomic E-state index is 13.3. The zero-order chi connectivity index (χ0) is 16.5. The summed E-state index contributed by atoms with van der Waals surface area (Å²) in [6.45, 7) is 0.240. The third kappa shape index (κ3) is 3.46. The number of hydrogen-bond acceptors (Lipinski definition) is 3. The molecule has 0 spiro atoms. The van der Waals surface area contributed by atoms with Crippen LogP contribution >= 0.6 is 11.3 Å². The van der Waals surface area contributed by atoms with Gasteiger partial charge >= 0.3 is 0 Å². The van der Waals surface area contributed by atoms with Crippen LogP contribution in [0.4, 0.5) is 8.78 Å². The van der Waals surface area contributed by atoms with Gasteiger partial charge in [-0.3, -0.25) is 0 Å². The molecular formula is C16H17F2NO2S2. The number of halogens is 2. The molecule has 1 aliphatic rings. The molecule has 0 aliphatic heterocycles. The Morgan fingerprint density at radius 1 is 1.13 bits per heavy atom. The normalized spacial score (nSPS) is 17.5. The summed E-state index contributed by atoms with van der Waals surface area (Å²) < 4.78 is 53.8. The van der Waals surface area contributed by atoms with Gasteiger partial charge in [-0.05, 0) is 47.4 Å². The van der Waals surface area contributed by atoms with Crippen LogP contribution in [0.2, 0.25) is 0 Å². The first-order valence-corrected chi connectivity index (χ1v) is 9.82. The Morgan fingerprint density at radius 2 is 1.78 bits per heavy atom. The van der Waals surface area contributed by atoms with Crippen molar-refractivity contribution in [1.29, 1.82) is 0 Å². The van der Waals surface area contributed by atoms with Crippen LogP contribution in [-0.4, -0.2) is 15.0 Å². The summed E-state index contributed by atoms with van der Waals surface area (Å²) in [6.07, 6.45) is 3.91. The molecule has 0 saturated heterocycles. The zero-order valence-electron chi connectivity index (χ0n) is 12.4. The number of thiophene rings is 1. The van der Waals surface area contributed by atoms with Gasteiger partial charge in [0.25, 0.3) is 0 Å². The van der Waals surface area contributed by atoms with Crippen LogP contribution in [0.1, 0.15) is 31.2 Å². The fraction of sp³-hybridized carbons (Fsp3) is 0.375. The van der Waals surface area contributed by atoms with Crippen molar-refractivity contribution in [1.82, 2.24) is 4.72 Å². The molecule has 124 valence electrons. The van der Waals surface area contributed by atoms with Crippen molar-refractivity contribution in [3.8, 4) is 0 Å². The second-order valence-electron chi connectivity index (χ2n) is 5.93. The van der Waals surface area contributed by atoms with E-state index in [4.69, 9.17) is 0 Å². The number of hydrogen-bond donors (Lipinski definition) is 1. The highest BCUT2D eigenvalue weighted by molar-refractivity contribution is 7.89. The van der Waals surface area contributed by atoms with E-state index < -0.39 is 21.7 Å². The Bertz CT molecular complexity index is 762. The van der Waals surface area contributed by atoms with E-state index in [2.05, 4.69) is 4.72 Å². The van der Waals surface area contributed by atoms with Gasteiger partial charge in [0.1, 0.15) is 11.6 Å². The Balaban J connectivity index is 1.83. The molecular weight excluding hydrogens is 340 g/mol. The van der Waals surface area contributed by atoms with Gasteiger partial charge in [-0.15, -0.1) is 0 Å². The smallest absolute Gasteiger partial charge is 0.210 e. The second-order valence-corrected chi connectivity index (χ2v) is 8.48. The lowest BCUT2D eigenvalue weighted by Gasteiger charge is -2.28. The molecule has 0 amide bonds. The molecule has 1 fully saturated rings. The van der Waals surface area contributed by atoms with E-state index in [0.717, 1.165) is 43.4 Å². The van der Waals surface area contributed by atoms with E-state index >= 15 is 0 Å². The van der Waals surface area contributed by atoms with Gasteiger partial charge in [0.2, 0.25) is 10.0 Å². The number of benzene rings is 1. The summed E-state index contributed by atoms with van der Waals surface area (Å²) in [4.78, 5) is -0.381. The molecule has 23 heavy (non-hydrogen) atoms. The molecule has 1 N–H and O–H groups in total. The third-order valence-corrected chi connectivity index (χ3v) is 6.51. The zero-order valence-corrected chi connectivity index (χ0v) is 14.0. The minimum absolute atomic E-state index is 0.223. The summed E-state index contributed by atoms with van der Waals surface area (Å²) in [7, 11) is -3.95. The van der Waals surface area contributed by atoms with E-state index in [-0.39, 0.29) is 16.9 Å². The Morgan fingerprint density at radius 3 is 2.35 bits per heavy atom. The van der Waals surface area contributed by atoms with Crippen LogP contribution in [0, 0.1) is 11.6 Å². The van der Waals surface area contributed by atoms with Crippen molar-refractivity contribution in [2.75, 3.05) is 6.54 Å². The van der Waals surface area contributed by atoms with Crippen LogP contribution in [0.5, 0.6) is 0 Å². The molecule has 0 bridgehead atoms. The van der Waals surface area contributed by atoms with Crippen LogP contribution < -0.4 is 4.72 Å². The lowest BCUT2D eigenvalue weighted by Crippen LogP contribution is -2.38. The van der Waals surface area contributed by atoms with Gasteiger partial charge in [0, 0.05) is 18.0 Å². The molecule has 1 aromatic carbocycles. The molecule has 0 radical (unpaired) electrons. The molecule has 7 heteroatoms. The fourth-order valence-corrected chi connectivity index (χ4v) is 5.13. The van der Waals surface area contributed by atoms with E-state index in [0.29, 0.717) is 6.07 Å². The van der Waals surface area contributed by atoms with Gasteiger partial charge < -0.3 is 0 Å². The number of sulfonamides is 1. The molecule has 0 unspecified atom stereocenters. The molecule has 1 heterocycles. The van der Waals surface area contributed by atoms with Crippen molar-refractivity contribution >= 4 is 21.4 Å². The molecule has 1 aromatic heterocycles. The lowest BCUT2D eigenvalue weighted by molar-refractivity contribution is 0.433. The minimum atomic E-state index is -3.95. The van der Waals surface area contributed by atoms with Crippen molar-refractivity contribution in [3.63, 3.8) is 0 Å². The van der Waals surface area contributed by atoms with Crippen LogP contribution in [-0.2, 0) is 15.4 Å². The molecule has 3 rings (SSSR count). The summed E-state index contributed by atoms with van der Waals surface area (Å²) in [6, 6.07) is 4.34. The quantitative estimate of drug-likeness (QED) is 0.884. The highest BCUT2D eigenvalue weighted by Crippen LogP contribution is 2.41. The standard InChI is InChI=1S/C16H17F2NO2S2/c17-13-7-14(18)9-15(8-13)23(20,21)19-11-16(4-1-2-5-16)12-3-6-22-10-12/h3,6-10,19H,1-2,4-5,11H2. The first-order chi connectivity index (χ1) is 10.9. The summed E-state index contributed by atoms with van der Waals surface area (Å²) in [5.41, 5.74) is 0.909.